The zero-order chi connectivity index (χ0) is 17.1. The van der Waals surface area contributed by atoms with Gasteiger partial charge < -0.3 is 0 Å². The molecule has 1 aliphatic rings. The Labute approximate surface area is 153 Å². The van der Waals surface area contributed by atoms with E-state index in [0.29, 0.717) is 30.8 Å². The van der Waals surface area contributed by atoms with Crippen molar-refractivity contribution in [3.05, 3.63) is 68.8 Å². The molecule has 24 heavy (non-hydrogen) atoms. The molecule has 0 atom stereocenters. The van der Waals surface area contributed by atoms with Crippen molar-refractivity contribution in [3.63, 3.8) is 0 Å². The average molecular weight is 405 g/mol. The number of thiophene rings is 1. The van der Waals surface area contributed by atoms with Gasteiger partial charge in [-0.1, -0.05) is 18.2 Å². The van der Waals surface area contributed by atoms with E-state index < -0.39 is 0 Å². The first-order chi connectivity index (χ1) is 11.6. The molecule has 1 aromatic carbocycles. The number of hydrogen-bond donors (Lipinski definition) is 0. The van der Waals surface area contributed by atoms with Gasteiger partial charge in [-0.15, -0.1) is 17.9 Å². The maximum Gasteiger partial charge on any atom is 0.261 e. The van der Waals surface area contributed by atoms with Crippen LogP contribution in [-0.2, 0) is 6.54 Å². The molecule has 124 valence electrons. The second kappa shape index (κ2) is 7.42. The lowest BCUT2D eigenvalue weighted by atomic mass is 10.1. The minimum absolute atomic E-state index is 0.201. The van der Waals surface area contributed by atoms with Crippen molar-refractivity contribution in [2.24, 2.45) is 0 Å². The highest BCUT2D eigenvalue weighted by Crippen LogP contribution is 2.24. The summed E-state index contributed by atoms with van der Waals surface area (Å²) in [5.41, 5.74) is 1.000. The lowest BCUT2D eigenvalue weighted by Gasteiger charge is -2.23. The topological polar surface area (TPSA) is 40.6 Å². The highest BCUT2D eigenvalue weighted by Gasteiger charge is 2.34. The summed E-state index contributed by atoms with van der Waals surface area (Å²) in [7, 11) is 0. The number of fused-ring (bicyclic) bond motifs is 1. The number of nitrogens with zero attached hydrogens (tertiary/aromatic N) is 2. The third-order valence-corrected chi connectivity index (χ3v) is 5.52. The molecule has 6 heteroatoms. The maximum absolute atomic E-state index is 12.4. The molecule has 3 rings (SSSR count). The molecule has 0 unspecified atom stereocenters. The molecular weight excluding hydrogens is 388 g/mol. The van der Waals surface area contributed by atoms with Gasteiger partial charge in [0.2, 0.25) is 0 Å². The second-order valence-corrected chi connectivity index (χ2v) is 8.08. The van der Waals surface area contributed by atoms with Crippen molar-refractivity contribution in [1.29, 1.82) is 0 Å². The molecule has 0 saturated heterocycles. The summed E-state index contributed by atoms with van der Waals surface area (Å²) in [6, 6.07) is 11.1. The van der Waals surface area contributed by atoms with E-state index in [-0.39, 0.29) is 11.8 Å². The van der Waals surface area contributed by atoms with E-state index >= 15 is 0 Å². The SMILES string of the molecule is C=CCN(CCN1C(=O)c2ccccc2C1=O)Cc1ccc(Br)s1. The van der Waals surface area contributed by atoms with E-state index in [4.69, 9.17) is 0 Å². The number of imide groups is 1. The smallest absolute Gasteiger partial charge is 0.261 e. The van der Waals surface area contributed by atoms with Gasteiger partial charge in [-0.05, 0) is 40.2 Å². The first kappa shape index (κ1) is 17.1. The summed E-state index contributed by atoms with van der Waals surface area (Å²) in [4.78, 5) is 29.5. The molecule has 0 radical (unpaired) electrons. The molecule has 0 bridgehead atoms. The molecule has 1 aliphatic heterocycles. The number of benzene rings is 1. The van der Waals surface area contributed by atoms with Gasteiger partial charge in [-0.2, -0.15) is 0 Å². The number of carbonyl (C=O) groups is 2. The fraction of sp³-hybridized carbons (Fsp3) is 0.222. The van der Waals surface area contributed by atoms with Gasteiger partial charge in [-0.3, -0.25) is 19.4 Å². The summed E-state index contributed by atoms with van der Waals surface area (Å²) in [5.74, 6) is -0.402. The summed E-state index contributed by atoms with van der Waals surface area (Å²) in [6.07, 6.45) is 1.84. The molecule has 0 N–H and O–H groups in total. The van der Waals surface area contributed by atoms with Crippen LogP contribution in [0.4, 0.5) is 0 Å². The zero-order valence-corrected chi connectivity index (χ0v) is 15.5. The van der Waals surface area contributed by atoms with Gasteiger partial charge in [0, 0.05) is 31.1 Å². The molecular formula is C18H17BrN2O2S. The van der Waals surface area contributed by atoms with Crippen LogP contribution >= 0.6 is 27.3 Å². The van der Waals surface area contributed by atoms with Gasteiger partial charge in [0.25, 0.3) is 11.8 Å². The minimum atomic E-state index is -0.201. The van der Waals surface area contributed by atoms with Gasteiger partial charge in [-0.25, -0.2) is 0 Å². The molecule has 0 fully saturated rings. The van der Waals surface area contributed by atoms with Crippen LogP contribution in [0.15, 0.2) is 52.8 Å². The Morgan fingerprint density at radius 1 is 1.12 bits per heavy atom. The lowest BCUT2D eigenvalue weighted by molar-refractivity contribution is 0.0637. The number of halogens is 1. The molecule has 4 nitrogen and oxygen atoms in total. The Balaban J connectivity index is 1.66. The summed E-state index contributed by atoms with van der Waals surface area (Å²) in [6.45, 7) is 6.27. The number of amides is 2. The molecule has 2 amide bonds. The van der Waals surface area contributed by atoms with Crippen LogP contribution < -0.4 is 0 Å². The van der Waals surface area contributed by atoms with Crippen LogP contribution in [0.2, 0.25) is 0 Å². The molecule has 1 aromatic heterocycles. The van der Waals surface area contributed by atoms with E-state index in [1.54, 1.807) is 35.6 Å². The lowest BCUT2D eigenvalue weighted by Crippen LogP contribution is -2.38. The standard InChI is InChI=1S/C18H17BrN2O2S/c1-2-9-20(12-13-7-8-16(19)24-13)10-11-21-17(22)14-5-3-4-6-15(14)18(21)23/h2-8H,1,9-12H2. The van der Waals surface area contributed by atoms with E-state index in [1.165, 1.54) is 9.78 Å². The van der Waals surface area contributed by atoms with E-state index in [0.717, 1.165) is 10.3 Å². The Kier molecular flexibility index (Phi) is 5.28. The van der Waals surface area contributed by atoms with Crippen molar-refractivity contribution in [2.45, 2.75) is 6.54 Å². The summed E-state index contributed by atoms with van der Waals surface area (Å²) >= 11 is 5.15. The van der Waals surface area contributed by atoms with E-state index in [9.17, 15) is 9.59 Å². The first-order valence-corrected chi connectivity index (χ1v) is 9.24. The van der Waals surface area contributed by atoms with E-state index in [2.05, 4.69) is 33.5 Å². The van der Waals surface area contributed by atoms with Gasteiger partial charge in [0.1, 0.15) is 0 Å². The zero-order valence-electron chi connectivity index (χ0n) is 13.1. The highest BCUT2D eigenvalue weighted by atomic mass is 79.9. The third-order valence-electron chi connectivity index (χ3n) is 3.91. The van der Waals surface area contributed by atoms with Crippen LogP contribution in [0.25, 0.3) is 0 Å². The maximum atomic E-state index is 12.4. The van der Waals surface area contributed by atoms with Crippen LogP contribution in [0.1, 0.15) is 25.6 Å². The quantitative estimate of drug-likeness (QED) is 0.520. The minimum Gasteiger partial charge on any atom is -0.293 e. The third kappa shape index (κ3) is 3.50. The van der Waals surface area contributed by atoms with E-state index in [1.807, 2.05) is 12.1 Å². The highest BCUT2D eigenvalue weighted by molar-refractivity contribution is 9.11. The van der Waals surface area contributed by atoms with Crippen molar-refractivity contribution in [2.75, 3.05) is 19.6 Å². The first-order valence-electron chi connectivity index (χ1n) is 7.63. The van der Waals surface area contributed by atoms with Gasteiger partial charge in [0.15, 0.2) is 0 Å². The predicted molar refractivity (Wildman–Crippen MR) is 99.3 cm³/mol. The molecule has 2 heterocycles. The molecule has 0 aliphatic carbocycles. The Morgan fingerprint density at radius 3 is 2.33 bits per heavy atom. The fourth-order valence-electron chi connectivity index (χ4n) is 2.76. The predicted octanol–water partition coefficient (Wildman–Crippen LogP) is 3.79. The summed E-state index contributed by atoms with van der Waals surface area (Å²) < 4.78 is 1.09. The van der Waals surface area contributed by atoms with Crippen molar-refractivity contribution < 1.29 is 9.59 Å². The van der Waals surface area contributed by atoms with Crippen molar-refractivity contribution in [3.8, 4) is 0 Å². The van der Waals surface area contributed by atoms with Crippen molar-refractivity contribution in [1.82, 2.24) is 9.80 Å². The second-order valence-electron chi connectivity index (χ2n) is 5.54. The fourth-order valence-corrected chi connectivity index (χ4v) is 4.28. The van der Waals surface area contributed by atoms with Crippen molar-refractivity contribution >= 4 is 39.1 Å². The molecule has 0 saturated carbocycles. The average Bonchev–Trinajstić information content (AvgIpc) is 3.09. The van der Waals surface area contributed by atoms with Crippen LogP contribution in [0.3, 0.4) is 0 Å². The summed E-state index contributed by atoms with van der Waals surface area (Å²) in [5, 5.41) is 0. The van der Waals surface area contributed by atoms with Gasteiger partial charge >= 0.3 is 0 Å². The van der Waals surface area contributed by atoms with Gasteiger partial charge in [0.05, 0.1) is 14.9 Å². The largest absolute Gasteiger partial charge is 0.293 e. The number of hydrogen-bond acceptors (Lipinski definition) is 4. The Morgan fingerprint density at radius 2 is 1.79 bits per heavy atom. The van der Waals surface area contributed by atoms with Crippen LogP contribution in [0.5, 0.6) is 0 Å². The normalized spacial score (nSPS) is 13.7. The molecule has 0 spiro atoms. The van der Waals surface area contributed by atoms with Crippen LogP contribution in [-0.4, -0.2) is 41.2 Å². The van der Waals surface area contributed by atoms with Crippen LogP contribution in [0, 0.1) is 0 Å². The Hall–Kier alpha value is -1.76. The monoisotopic (exact) mass is 404 g/mol. The Bertz CT molecular complexity index is 752. The molecule has 2 aromatic rings. The number of carbonyl (C=O) groups excluding carboxylic acids is 2. The number of rotatable bonds is 7.